The Morgan fingerprint density at radius 2 is 1.76 bits per heavy atom. The van der Waals surface area contributed by atoms with Gasteiger partial charge in [0.05, 0.1) is 15.1 Å². The number of fused-ring (bicyclic) bond motifs is 1. The van der Waals surface area contributed by atoms with Gasteiger partial charge >= 0.3 is 0 Å². The molecule has 3 rings (SSSR count). The van der Waals surface area contributed by atoms with E-state index in [0.29, 0.717) is 10.4 Å². The van der Waals surface area contributed by atoms with Crippen LogP contribution in [0, 0.1) is 11.6 Å². The highest BCUT2D eigenvalue weighted by Crippen LogP contribution is 2.29. The molecule has 2 aromatic carbocycles. The second-order valence-electron chi connectivity index (χ2n) is 5.06. The van der Waals surface area contributed by atoms with E-state index in [0.717, 1.165) is 23.5 Å². The number of anilines is 2. The molecule has 1 amide bonds. The van der Waals surface area contributed by atoms with Crippen molar-refractivity contribution in [3.8, 4) is 0 Å². The van der Waals surface area contributed by atoms with Crippen LogP contribution in [-0.2, 0) is 14.8 Å². The summed E-state index contributed by atoms with van der Waals surface area (Å²) in [5.74, 6) is -2.36. The lowest BCUT2D eigenvalue weighted by Crippen LogP contribution is -2.13. The highest BCUT2D eigenvalue weighted by atomic mass is 32.2. The normalized spacial score (nSPS) is 11.5. The van der Waals surface area contributed by atoms with E-state index >= 15 is 0 Å². The minimum absolute atomic E-state index is 0.00839. The van der Waals surface area contributed by atoms with Crippen molar-refractivity contribution in [2.24, 2.45) is 0 Å². The summed E-state index contributed by atoms with van der Waals surface area (Å²) in [6, 6.07) is 7.39. The van der Waals surface area contributed by atoms with Crippen molar-refractivity contribution < 1.29 is 22.0 Å². The van der Waals surface area contributed by atoms with Crippen LogP contribution in [-0.4, -0.2) is 19.3 Å². The molecule has 130 valence electrons. The van der Waals surface area contributed by atoms with E-state index in [9.17, 15) is 22.0 Å². The number of carbonyl (C=O) groups is 1. The SMILES string of the molecule is CC(=O)Nc1ccc(S(=O)(=O)Nc2nc3cc(F)c(F)cc3s2)cc1. The predicted octanol–water partition coefficient (Wildman–Crippen LogP) is 3.33. The first-order valence-electron chi connectivity index (χ1n) is 6.91. The molecule has 0 spiro atoms. The number of aromatic nitrogens is 1. The van der Waals surface area contributed by atoms with Crippen molar-refractivity contribution in [1.82, 2.24) is 4.98 Å². The zero-order valence-corrected chi connectivity index (χ0v) is 14.3. The number of carbonyl (C=O) groups excluding carboxylic acids is 1. The fourth-order valence-electron chi connectivity index (χ4n) is 2.06. The van der Waals surface area contributed by atoms with Gasteiger partial charge in [0.25, 0.3) is 10.0 Å². The van der Waals surface area contributed by atoms with Gasteiger partial charge < -0.3 is 5.32 Å². The summed E-state index contributed by atoms with van der Waals surface area (Å²) >= 11 is 0.888. The maximum atomic E-state index is 13.2. The Hall–Kier alpha value is -2.59. The zero-order chi connectivity index (χ0) is 18.2. The first kappa shape index (κ1) is 17.2. The van der Waals surface area contributed by atoms with Gasteiger partial charge in [-0.25, -0.2) is 22.2 Å². The fourth-order valence-corrected chi connectivity index (χ4v) is 4.17. The molecule has 0 bridgehead atoms. The molecule has 2 N–H and O–H groups in total. The van der Waals surface area contributed by atoms with Crippen LogP contribution >= 0.6 is 11.3 Å². The summed E-state index contributed by atoms with van der Waals surface area (Å²) < 4.78 is 53.8. The van der Waals surface area contributed by atoms with Gasteiger partial charge in [0.15, 0.2) is 16.8 Å². The largest absolute Gasteiger partial charge is 0.326 e. The minimum Gasteiger partial charge on any atom is -0.326 e. The smallest absolute Gasteiger partial charge is 0.263 e. The first-order valence-corrected chi connectivity index (χ1v) is 9.20. The van der Waals surface area contributed by atoms with Crippen molar-refractivity contribution in [2.75, 3.05) is 10.0 Å². The Balaban J connectivity index is 1.87. The molecule has 0 aliphatic heterocycles. The third-order valence-electron chi connectivity index (χ3n) is 3.14. The topological polar surface area (TPSA) is 88.2 Å². The van der Waals surface area contributed by atoms with Crippen molar-refractivity contribution >= 4 is 48.3 Å². The molecule has 0 aliphatic rings. The number of sulfonamides is 1. The molecule has 3 aromatic rings. The molecular weight excluding hydrogens is 372 g/mol. The van der Waals surface area contributed by atoms with Crippen LogP contribution in [0.3, 0.4) is 0 Å². The molecule has 0 aliphatic carbocycles. The van der Waals surface area contributed by atoms with Gasteiger partial charge in [-0.15, -0.1) is 0 Å². The molecule has 0 unspecified atom stereocenters. The summed E-state index contributed by atoms with van der Waals surface area (Å²) in [6.45, 7) is 1.34. The molecule has 0 atom stereocenters. The van der Waals surface area contributed by atoms with Crippen molar-refractivity contribution in [2.45, 2.75) is 11.8 Å². The molecule has 0 saturated heterocycles. The number of hydrogen-bond acceptors (Lipinski definition) is 5. The molecule has 6 nitrogen and oxygen atoms in total. The van der Waals surface area contributed by atoms with Crippen LogP contribution in [0.25, 0.3) is 10.2 Å². The second-order valence-corrected chi connectivity index (χ2v) is 7.78. The van der Waals surface area contributed by atoms with Gasteiger partial charge in [-0.1, -0.05) is 11.3 Å². The Morgan fingerprint density at radius 3 is 2.40 bits per heavy atom. The first-order chi connectivity index (χ1) is 11.7. The number of nitrogens with zero attached hydrogens (tertiary/aromatic N) is 1. The summed E-state index contributed by atoms with van der Waals surface area (Å²) in [5.41, 5.74) is 0.611. The number of amides is 1. The highest BCUT2D eigenvalue weighted by molar-refractivity contribution is 7.93. The van der Waals surface area contributed by atoms with Gasteiger partial charge in [-0.2, -0.15) is 0 Å². The van der Waals surface area contributed by atoms with Gasteiger partial charge in [0.2, 0.25) is 5.91 Å². The molecule has 0 radical (unpaired) electrons. The third kappa shape index (κ3) is 3.74. The van der Waals surface area contributed by atoms with Crippen LogP contribution in [0.15, 0.2) is 41.3 Å². The maximum Gasteiger partial charge on any atom is 0.263 e. The fraction of sp³-hybridized carbons (Fsp3) is 0.0667. The lowest BCUT2D eigenvalue weighted by Gasteiger charge is -2.06. The van der Waals surface area contributed by atoms with Crippen molar-refractivity contribution in [1.29, 1.82) is 0 Å². The summed E-state index contributed by atoms with van der Waals surface area (Å²) in [4.78, 5) is 14.9. The van der Waals surface area contributed by atoms with Crippen molar-refractivity contribution in [3.63, 3.8) is 0 Å². The number of rotatable bonds is 4. The van der Waals surface area contributed by atoms with E-state index in [2.05, 4.69) is 15.0 Å². The van der Waals surface area contributed by atoms with E-state index < -0.39 is 21.7 Å². The number of hydrogen-bond donors (Lipinski definition) is 2. The van der Waals surface area contributed by atoms with Crippen LogP contribution < -0.4 is 10.0 Å². The number of nitrogens with one attached hydrogen (secondary N) is 2. The van der Waals surface area contributed by atoms with E-state index in [1.165, 1.54) is 31.2 Å². The molecule has 1 aromatic heterocycles. The average molecular weight is 383 g/mol. The molecule has 0 saturated carbocycles. The zero-order valence-electron chi connectivity index (χ0n) is 12.7. The third-order valence-corrected chi connectivity index (χ3v) is 5.55. The number of halogens is 2. The second kappa shape index (κ2) is 6.37. The maximum absolute atomic E-state index is 13.2. The standard InChI is InChI=1S/C15H11F2N3O3S2/c1-8(21)18-9-2-4-10(5-3-9)25(22,23)20-15-19-13-6-11(16)12(17)7-14(13)24-15/h2-7H,1H3,(H,18,21)(H,19,20). The molecular formula is C15H11F2N3O3S2. The van der Waals surface area contributed by atoms with Crippen LogP contribution in [0.5, 0.6) is 0 Å². The number of benzene rings is 2. The van der Waals surface area contributed by atoms with Crippen LogP contribution in [0.1, 0.15) is 6.92 Å². The van der Waals surface area contributed by atoms with Gasteiger partial charge in [-0.3, -0.25) is 9.52 Å². The van der Waals surface area contributed by atoms with Crippen molar-refractivity contribution in [3.05, 3.63) is 48.0 Å². The quantitative estimate of drug-likeness (QED) is 0.723. The van der Waals surface area contributed by atoms with E-state index in [-0.39, 0.29) is 21.5 Å². The highest BCUT2D eigenvalue weighted by Gasteiger charge is 2.17. The monoisotopic (exact) mass is 383 g/mol. The average Bonchev–Trinajstić information content (AvgIpc) is 2.88. The van der Waals surface area contributed by atoms with Crippen LogP contribution in [0.4, 0.5) is 19.6 Å². The van der Waals surface area contributed by atoms with Crippen LogP contribution in [0.2, 0.25) is 0 Å². The minimum atomic E-state index is -3.93. The van der Waals surface area contributed by atoms with E-state index in [1.54, 1.807) is 0 Å². The van der Waals surface area contributed by atoms with E-state index in [4.69, 9.17) is 0 Å². The predicted molar refractivity (Wildman–Crippen MR) is 91.1 cm³/mol. The Bertz CT molecular complexity index is 1020. The Morgan fingerprint density at radius 1 is 1.12 bits per heavy atom. The van der Waals surface area contributed by atoms with E-state index in [1.807, 2.05) is 0 Å². The van der Waals surface area contributed by atoms with Gasteiger partial charge in [0.1, 0.15) is 0 Å². The van der Waals surface area contributed by atoms with Gasteiger partial charge in [-0.05, 0) is 30.3 Å². The Kier molecular flexibility index (Phi) is 4.39. The summed E-state index contributed by atoms with van der Waals surface area (Å²) in [5, 5.41) is 2.52. The lowest BCUT2D eigenvalue weighted by molar-refractivity contribution is -0.114. The molecule has 0 fully saturated rings. The lowest BCUT2D eigenvalue weighted by atomic mass is 10.3. The number of thiazole rings is 1. The molecule has 1 heterocycles. The summed E-state index contributed by atoms with van der Waals surface area (Å²) in [6.07, 6.45) is 0. The molecule has 10 heteroatoms. The molecule has 25 heavy (non-hydrogen) atoms. The summed E-state index contributed by atoms with van der Waals surface area (Å²) in [7, 11) is -3.93. The Labute approximate surface area is 145 Å². The van der Waals surface area contributed by atoms with Gasteiger partial charge in [0, 0.05) is 18.7 Å².